The third kappa shape index (κ3) is 3.24. The molecule has 2 N–H and O–H groups in total. The van der Waals surface area contributed by atoms with E-state index in [1.807, 2.05) is 24.4 Å². The van der Waals surface area contributed by atoms with Crippen LogP contribution < -0.4 is 10.6 Å². The van der Waals surface area contributed by atoms with Gasteiger partial charge in [0.2, 0.25) is 5.13 Å². The third-order valence-electron chi connectivity index (χ3n) is 2.07. The summed E-state index contributed by atoms with van der Waals surface area (Å²) >= 11 is 2.79. The average molecular weight is 268 g/mol. The number of hydrogen-bond acceptors (Lipinski definition) is 5. The molecule has 2 amide bonds. The second-order valence-corrected chi connectivity index (χ2v) is 5.21. The third-order valence-corrected chi connectivity index (χ3v) is 3.84. The predicted octanol–water partition coefficient (Wildman–Crippen LogP) is 2.79. The van der Waals surface area contributed by atoms with Crippen LogP contribution in [0, 0.1) is 6.92 Å². The molecule has 2 heterocycles. The molecule has 0 aliphatic carbocycles. The van der Waals surface area contributed by atoms with E-state index < -0.39 is 0 Å². The van der Waals surface area contributed by atoms with E-state index in [2.05, 4.69) is 20.0 Å². The van der Waals surface area contributed by atoms with Crippen LogP contribution in [0.5, 0.6) is 0 Å². The molecule has 90 valence electrons. The van der Waals surface area contributed by atoms with Gasteiger partial charge in [-0.2, -0.15) is 4.37 Å². The van der Waals surface area contributed by atoms with Crippen molar-refractivity contribution in [3.8, 4) is 0 Å². The molecular formula is C10H12N4OS2. The molecule has 2 aromatic rings. The first-order chi connectivity index (χ1) is 8.15. The van der Waals surface area contributed by atoms with Gasteiger partial charge in [-0.25, -0.2) is 9.78 Å². The van der Waals surface area contributed by atoms with Gasteiger partial charge in [0.15, 0.2) is 0 Å². The van der Waals surface area contributed by atoms with Gasteiger partial charge in [-0.15, -0.1) is 11.3 Å². The summed E-state index contributed by atoms with van der Waals surface area (Å²) in [5.74, 6) is 0.664. The van der Waals surface area contributed by atoms with Crippen molar-refractivity contribution >= 4 is 34.0 Å². The minimum Gasteiger partial charge on any atom is -0.330 e. The molecule has 7 heteroatoms. The maximum absolute atomic E-state index is 11.6. The minimum atomic E-state index is -0.262. The zero-order chi connectivity index (χ0) is 12.3. The van der Waals surface area contributed by atoms with E-state index in [0.717, 1.165) is 4.88 Å². The molecule has 0 saturated heterocycles. The Bertz CT molecular complexity index is 494. The van der Waals surface area contributed by atoms with Crippen molar-refractivity contribution in [2.75, 3.05) is 5.32 Å². The van der Waals surface area contributed by atoms with Crippen molar-refractivity contribution in [2.24, 2.45) is 0 Å². The molecule has 0 saturated carbocycles. The zero-order valence-corrected chi connectivity index (χ0v) is 11.1. The van der Waals surface area contributed by atoms with Gasteiger partial charge >= 0.3 is 6.03 Å². The van der Waals surface area contributed by atoms with Gasteiger partial charge < -0.3 is 5.32 Å². The van der Waals surface area contributed by atoms with E-state index in [4.69, 9.17) is 0 Å². The highest BCUT2D eigenvalue weighted by molar-refractivity contribution is 7.10. The molecule has 0 aliphatic rings. The van der Waals surface area contributed by atoms with Crippen LogP contribution in [0.15, 0.2) is 17.5 Å². The van der Waals surface area contributed by atoms with E-state index in [1.54, 1.807) is 18.3 Å². The number of aromatic nitrogens is 2. The summed E-state index contributed by atoms with van der Waals surface area (Å²) in [5, 5.41) is 7.99. The molecular weight excluding hydrogens is 256 g/mol. The number of carbonyl (C=O) groups excluding carboxylic acids is 1. The van der Waals surface area contributed by atoms with Crippen molar-refractivity contribution in [1.29, 1.82) is 0 Å². The summed E-state index contributed by atoms with van der Waals surface area (Å²) in [6.07, 6.45) is 0. The molecule has 2 rings (SSSR count). The monoisotopic (exact) mass is 268 g/mol. The lowest BCUT2D eigenvalue weighted by molar-refractivity contribution is 0.249. The first-order valence-electron chi connectivity index (χ1n) is 5.06. The van der Waals surface area contributed by atoms with Gasteiger partial charge in [0.25, 0.3) is 0 Å². The van der Waals surface area contributed by atoms with E-state index in [-0.39, 0.29) is 12.1 Å². The second-order valence-electron chi connectivity index (χ2n) is 3.48. The molecule has 0 unspecified atom stereocenters. The summed E-state index contributed by atoms with van der Waals surface area (Å²) in [7, 11) is 0. The Balaban J connectivity index is 1.89. The first kappa shape index (κ1) is 12.0. The molecule has 0 radical (unpaired) electrons. The van der Waals surface area contributed by atoms with Gasteiger partial charge in [0.1, 0.15) is 5.82 Å². The van der Waals surface area contributed by atoms with Crippen LogP contribution in [0.2, 0.25) is 0 Å². The van der Waals surface area contributed by atoms with Crippen molar-refractivity contribution < 1.29 is 4.79 Å². The van der Waals surface area contributed by atoms with Crippen molar-refractivity contribution in [2.45, 2.75) is 19.9 Å². The molecule has 0 aliphatic heterocycles. The summed E-state index contributed by atoms with van der Waals surface area (Å²) in [6, 6.07) is 3.68. The number of anilines is 1. The van der Waals surface area contributed by atoms with Crippen LogP contribution in [0.3, 0.4) is 0 Å². The number of thiophene rings is 1. The Morgan fingerprint density at radius 3 is 2.94 bits per heavy atom. The van der Waals surface area contributed by atoms with Crippen LogP contribution in [0.1, 0.15) is 23.7 Å². The number of nitrogens with zero attached hydrogens (tertiary/aromatic N) is 2. The number of hydrogen-bond donors (Lipinski definition) is 2. The summed E-state index contributed by atoms with van der Waals surface area (Å²) in [5.41, 5.74) is 0. The number of carbonyl (C=O) groups is 1. The number of nitrogens with one attached hydrogen (secondary N) is 2. The number of aryl methyl sites for hydroxylation is 1. The zero-order valence-electron chi connectivity index (χ0n) is 9.43. The fourth-order valence-corrected chi connectivity index (χ4v) is 2.59. The van der Waals surface area contributed by atoms with Gasteiger partial charge in [0.05, 0.1) is 6.04 Å². The highest BCUT2D eigenvalue weighted by atomic mass is 32.1. The summed E-state index contributed by atoms with van der Waals surface area (Å²) in [4.78, 5) is 16.8. The fraction of sp³-hybridized carbons (Fsp3) is 0.300. The highest BCUT2D eigenvalue weighted by Crippen LogP contribution is 2.18. The topological polar surface area (TPSA) is 66.9 Å². The van der Waals surface area contributed by atoms with Crippen molar-refractivity contribution in [1.82, 2.24) is 14.7 Å². The largest absolute Gasteiger partial charge is 0.330 e. The van der Waals surface area contributed by atoms with Crippen LogP contribution in [-0.2, 0) is 0 Å². The Morgan fingerprint density at radius 1 is 1.53 bits per heavy atom. The van der Waals surface area contributed by atoms with Crippen molar-refractivity contribution in [3.05, 3.63) is 28.2 Å². The fourth-order valence-electron chi connectivity index (χ4n) is 1.29. The molecule has 0 aromatic carbocycles. The quantitative estimate of drug-likeness (QED) is 0.899. The Morgan fingerprint density at radius 2 is 2.35 bits per heavy atom. The van der Waals surface area contributed by atoms with Crippen LogP contribution in [0.4, 0.5) is 9.93 Å². The Kier molecular flexibility index (Phi) is 3.70. The van der Waals surface area contributed by atoms with Gasteiger partial charge in [-0.3, -0.25) is 5.32 Å². The Hall–Kier alpha value is -1.47. The lowest BCUT2D eigenvalue weighted by Crippen LogP contribution is -2.30. The van der Waals surface area contributed by atoms with Crippen LogP contribution >= 0.6 is 22.9 Å². The standard InChI is InChI=1S/C10H12N4OS2/c1-6(8-4-3-5-16-8)11-9(15)13-10-12-7(2)14-17-10/h3-6H,1-2H3,(H2,11,12,13,14,15)/t6-/m0/s1. The van der Waals surface area contributed by atoms with E-state index >= 15 is 0 Å². The number of rotatable bonds is 3. The number of amides is 2. The van der Waals surface area contributed by atoms with E-state index in [9.17, 15) is 4.79 Å². The minimum absolute atomic E-state index is 0.0102. The van der Waals surface area contributed by atoms with Crippen LogP contribution in [-0.4, -0.2) is 15.4 Å². The van der Waals surface area contributed by atoms with Crippen molar-refractivity contribution in [3.63, 3.8) is 0 Å². The number of urea groups is 1. The molecule has 0 spiro atoms. The Labute approximate surface area is 107 Å². The highest BCUT2D eigenvalue weighted by Gasteiger charge is 2.11. The average Bonchev–Trinajstić information content (AvgIpc) is 2.89. The maximum atomic E-state index is 11.6. The molecule has 17 heavy (non-hydrogen) atoms. The smallest absolute Gasteiger partial charge is 0.321 e. The second kappa shape index (κ2) is 5.24. The maximum Gasteiger partial charge on any atom is 0.321 e. The predicted molar refractivity (Wildman–Crippen MR) is 69.5 cm³/mol. The molecule has 0 bridgehead atoms. The lowest BCUT2D eigenvalue weighted by Gasteiger charge is -2.11. The SMILES string of the molecule is Cc1nsc(NC(=O)N[C@@H](C)c2cccs2)n1. The molecule has 2 aromatic heterocycles. The molecule has 0 fully saturated rings. The van der Waals surface area contributed by atoms with E-state index in [0.29, 0.717) is 11.0 Å². The molecule has 5 nitrogen and oxygen atoms in total. The normalized spacial score (nSPS) is 12.1. The first-order valence-corrected chi connectivity index (χ1v) is 6.71. The van der Waals surface area contributed by atoms with Gasteiger partial charge in [-0.1, -0.05) is 6.07 Å². The van der Waals surface area contributed by atoms with E-state index in [1.165, 1.54) is 11.5 Å². The summed E-state index contributed by atoms with van der Waals surface area (Å²) in [6.45, 7) is 3.73. The van der Waals surface area contributed by atoms with Gasteiger partial charge in [-0.05, 0) is 25.3 Å². The lowest BCUT2D eigenvalue weighted by atomic mass is 10.3. The van der Waals surface area contributed by atoms with Gasteiger partial charge in [0, 0.05) is 16.4 Å². The molecule has 1 atom stereocenters. The van der Waals surface area contributed by atoms with Crippen LogP contribution in [0.25, 0.3) is 0 Å². The summed E-state index contributed by atoms with van der Waals surface area (Å²) < 4.78 is 3.99.